The molecule has 15 nitrogen and oxygen atoms in total. The smallest absolute Gasteiger partial charge is 0.313 e. The highest BCUT2D eigenvalue weighted by atomic mass is 32.7. The minimum Gasteiger partial charge on any atom is -0.313 e. The zero-order valence-corrected chi connectivity index (χ0v) is 29.8. The molecule has 10 N–H and O–H groups in total. The average molecular weight is 706 g/mol. The van der Waals surface area contributed by atoms with Crippen LogP contribution < -0.4 is 27.5 Å². The van der Waals surface area contributed by atoms with Crippen LogP contribution in [0, 0.1) is 0 Å². The van der Waals surface area contributed by atoms with Gasteiger partial charge in [0.2, 0.25) is 0 Å². The van der Waals surface area contributed by atoms with E-state index in [-0.39, 0.29) is 0 Å². The van der Waals surface area contributed by atoms with E-state index in [2.05, 4.69) is 22.6 Å². The number of nitrogens with two attached hydrogens (primary N) is 5. The molecule has 0 aromatic rings. The fraction of sp³-hybridized carbons (Fsp3) is 1.00. The lowest BCUT2D eigenvalue weighted by molar-refractivity contribution is 0.409. The summed E-state index contributed by atoms with van der Waals surface area (Å²) in [5, 5.41) is 0. The van der Waals surface area contributed by atoms with E-state index in [0.29, 0.717) is 0 Å². The molecular formula is C10H40N5O10P5S5. The Morgan fingerprint density at radius 3 is 0.457 bits per heavy atom. The number of rotatable bonds is 10. The maximum atomic E-state index is 10.5. The molecule has 0 rings (SSSR count). The minimum atomic E-state index is -2.74. The van der Waals surface area contributed by atoms with Crippen molar-refractivity contribution in [2.24, 2.45) is 27.5 Å². The standard InChI is InChI=1S/5C2H8NO2PS/c5*1-5-6(3,4)7-2/h5*1-2H3,(H2,3,4). The predicted molar refractivity (Wildman–Crippen MR) is 162 cm³/mol. The van der Waals surface area contributed by atoms with Gasteiger partial charge in [0, 0.05) is 35.5 Å². The largest absolute Gasteiger partial charge is 0.323 e. The third-order valence-electron chi connectivity index (χ3n) is 2.54. The van der Waals surface area contributed by atoms with Gasteiger partial charge in [0.15, 0.2) is 0 Å². The molecule has 0 saturated heterocycles. The van der Waals surface area contributed by atoms with Crippen LogP contribution in [0.2, 0.25) is 0 Å². The second-order valence-electron chi connectivity index (χ2n) is 4.52. The molecule has 5 unspecified atom stereocenters. The van der Waals surface area contributed by atoms with Gasteiger partial charge in [-0.3, -0.25) is 50.3 Å². The first-order valence-electron chi connectivity index (χ1n) is 8.11. The van der Waals surface area contributed by atoms with Crippen LogP contribution in [0.5, 0.6) is 0 Å². The molecule has 220 valence electrons. The Hall–Kier alpha value is 2.50. The summed E-state index contributed by atoms with van der Waals surface area (Å²) < 4.78 is 74.3. The predicted octanol–water partition coefficient (Wildman–Crippen LogP) is 5.31. The van der Waals surface area contributed by atoms with E-state index in [1.54, 1.807) is 31.3 Å². The molecule has 0 aromatic heterocycles. The minimum absolute atomic E-state index is 1.04. The van der Waals surface area contributed by atoms with E-state index in [1.165, 1.54) is 35.5 Å². The summed E-state index contributed by atoms with van der Waals surface area (Å²) in [6, 6.07) is 0. The van der Waals surface area contributed by atoms with Crippen molar-refractivity contribution in [3.05, 3.63) is 0 Å². The van der Waals surface area contributed by atoms with Crippen LogP contribution in [0.4, 0.5) is 0 Å². The van der Waals surface area contributed by atoms with E-state index in [4.69, 9.17) is 27.5 Å². The zero-order valence-electron chi connectivity index (χ0n) is 21.2. The van der Waals surface area contributed by atoms with Crippen LogP contribution in [0.1, 0.15) is 0 Å². The molecule has 5 atom stereocenters. The summed E-state index contributed by atoms with van der Waals surface area (Å²) in [6.07, 6.45) is 8.22. The molecule has 0 amide bonds. The molecule has 0 aliphatic heterocycles. The van der Waals surface area contributed by atoms with Crippen molar-refractivity contribution in [3.8, 4) is 0 Å². The molecule has 0 heterocycles. The SMILES string of the molecule is COP(N)(=O)SC.COP(N)(=O)SC.COP(N)(=O)SC.COP(N)(=O)SC.COP(N)(=O)SC. The van der Waals surface area contributed by atoms with E-state index >= 15 is 0 Å². The van der Waals surface area contributed by atoms with Gasteiger partial charge in [-0.25, -0.2) is 0 Å². The van der Waals surface area contributed by atoms with Crippen molar-refractivity contribution in [3.63, 3.8) is 0 Å². The van der Waals surface area contributed by atoms with E-state index in [0.717, 1.165) is 56.9 Å². The fourth-order valence-electron chi connectivity index (χ4n) is 0.373. The van der Waals surface area contributed by atoms with Gasteiger partial charge in [0.05, 0.1) is 0 Å². The second-order valence-corrected chi connectivity index (χ2v) is 26.7. The summed E-state index contributed by atoms with van der Waals surface area (Å²) in [6.45, 7) is -13.7. The van der Waals surface area contributed by atoms with Crippen molar-refractivity contribution in [1.29, 1.82) is 0 Å². The highest BCUT2D eigenvalue weighted by Crippen LogP contribution is 2.50. The fourth-order valence-corrected chi connectivity index (χ4v) is 3.35. The zero-order chi connectivity index (χ0) is 29.6. The summed E-state index contributed by atoms with van der Waals surface area (Å²) in [7, 11) is 6.65. The van der Waals surface area contributed by atoms with Crippen molar-refractivity contribution in [2.75, 3.05) is 66.8 Å². The molecule has 0 spiro atoms. The monoisotopic (exact) mass is 705 g/mol. The normalized spacial score (nSPS) is 18.7. The quantitative estimate of drug-likeness (QED) is 0.180. The topological polar surface area (TPSA) is 262 Å². The lowest BCUT2D eigenvalue weighted by atomic mass is 11.8. The molecule has 0 aliphatic rings. The van der Waals surface area contributed by atoms with Gasteiger partial charge >= 0.3 is 33.6 Å². The summed E-state index contributed by atoms with van der Waals surface area (Å²) in [5.74, 6) is 0. The highest BCUT2D eigenvalue weighted by molar-refractivity contribution is 8.56. The van der Waals surface area contributed by atoms with E-state index in [9.17, 15) is 22.8 Å². The molecule has 0 fully saturated rings. The van der Waals surface area contributed by atoms with Crippen LogP contribution in [0.25, 0.3) is 0 Å². The van der Waals surface area contributed by atoms with Gasteiger partial charge in [0.1, 0.15) is 0 Å². The molecule has 0 radical (unpaired) electrons. The molecule has 35 heavy (non-hydrogen) atoms. The Morgan fingerprint density at radius 1 is 0.371 bits per heavy atom. The van der Waals surface area contributed by atoms with Gasteiger partial charge in [-0.05, 0) is 31.3 Å². The van der Waals surface area contributed by atoms with Gasteiger partial charge in [-0.2, -0.15) is 0 Å². The number of hydrogen-bond donors (Lipinski definition) is 5. The maximum absolute atomic E-state index is 10.5. The lowest BCUT2D eigenvalue weighted by Gasteiger charge is -2.02. The van der Waals surface area contributed by atoms with Crippen LogP contribution >= 0.6 is 90.5 Å². The van der Waals surface area contributed by atoms with Gasteiger partial charge < -0.3 is 22.6 Å². The van der Waals surface area contributed by atoms with Gasteiger partial charge in [-0.1, -0.05) is 56.9 Å². The van der Waals surface area contributed by atoms with E-state index in [1.807, 2.05) is 0 Å². The lowest BCUT2D eigenvalue weighted by Crippen LogP contribution is -1.89. The van der Waals surface area contributed by atoms with Gasteiger partial charge in [-0.15, -0.1) is 0 Å². The van der Waals surface area contributed by atoms with Crippen molar-refractivity contribution in [2.45, 2.75) is 0 Å². The molecule has 0 aromatic carbocycles. The maximum Gasteiger partial charge on any atom is 0.323 e. The molecule has 0 bridgehead atoms. The van der Waals surface area contributed by atoms with Crippen LogP contribution in [-0.2, 0) is 45.4 Å². The van der Waals surface area contributed by atoms with Crippen LogP contribution in [0.15, 0.2) is 0 Å². The second kappa shape index (κ2) is 25.5. The van der Waals surface area contributed by atoms with Gasteiger partial charge in [0.25, 0.3) is 0 Å². The number of hydrogen-bond acceptors (Lipinski definition) is 15. The molecular weight excluding hydrogens is 665 g/mol. The Morgan fingerprint density at radius 2 is 0.457 bits per heavy atom. The average Bonchev–Trinajstić information content (AvgIpc) is 2.85. The first kappa shape index (κ1) is 47.3. The van der Waals surface area contributed by atoms with Crippen LogP contribution in [-0.4, -0.2) is 66.8 Å². The molecule has 25 heteroatoms. The first-order chi connectivity index (χ1) is 15.6. The third kappa shape index (κ3) is 41.1. The molecule has 0 saturated carbocycles. The summed E-state index contributed by atoms with van der Waals surface area (Å²) in [5.41, 5.74) is 25.1. The van der Waals surface area contributed by atoms with Crippen LogP contribution in [0.3, 0.4) is 0 Å². The Bertz CT molecular complexity index is 578. The molecule has 0 aliphatic carbocycles. The summed E-state index contributed by atoms with van der Waals surface area (Å²) in [4.78, 5) is 0. The van der Waals surface area contributed by atoms with Crippen molar-refractivity contribution in [1.82, 2.24) is 0 Å². The summed E-state index contributed by atoms with van der Waals surface area (Å²) >= 11 is 5.19. The van der Waals surface area contributed by atoms with Crippen molar-refractivity contribution < 1.29 is 45.4 Å². The Labute approximate surface area is 229 Å². The Kier molecular flexibility index (Phi) is 34.4. The van der Waals surface area contributed by atoms with E-state index < -0.39 is 33.6 Å². The third-order valence-corrected chi connectivity index (χ3v) is 17.5. The van der Waals surface area contributed by atoms with Crippen molar-refractivity contribution >= 4 is 90.5 Å². The Balaban J connectivity index is -0.000000107. The highest BCUT2D eigenvalue weighted by Gasteiger charge is 2.11. The first-order valence-corrected chi connectivity index (χ1v) is 25.7.